The fraction of sp³-hybridized carbons (Fsp3) is 0.200. The zero-order valence-electron chi connectivity index (χ0n) is 14.6. The van der Waals surface area contributed by atoms with E-state index in [1.807, 2.05) is 50.2 Å². The maximum Gasteiger partial charge on any atom is 0.264 e. The molecule has 0 fully saturated rings. The van der Waals surface area contributed by atoms with Crippen LogP contribution in [0.5, 0.6) is 5.75 Å². The largest absolute Gasteiger partial charge is 0.483 e. The van der Waals surface area contributed by atoms with Gasteiger partial charge in [0.25, 0.3) is 5.91 Å². The summed E-state index contributed by atoms with van der Waals surface area (Å²) in [7, 11) is 0. The van der Waals surface area contributed by atoms with E-state index in [2.05, 4.69) is 38.4 Å². The lowest BCUT2D eigenvalue weighted by molar-refractivity contribution is -0.118. The molecule has 1 N–H and O–H groups in total. The number of carbonyl (C=O) groups is 1. The Kier molecular flexibility index (Phi) is 6.06. The number of aromatic nitrogens is 1. The van der Waals surface area contributed by atoms with Gasteiger partial charge in [-0.2, -0.15) is 0 Å². The van der Waals surface area contributed by atoms with Gasteiger partial charge in [0.1, 0.15) is 5.75 Å². The number of halogens is 1. The highest BCUT2D eigenvalue weighted by molar-refractivity contribution is 9.10. The molecule has 0 bridgehead atoms. The monoisotopic (exact) mass is 430 g/mol. The van der Waals surface area contributed by atoms with Crippen LogP contribution in [-0.2, 0) is 11.2 Å². The summed E-state index contributed by atoms with van der Waals surface area (Å²) in [6.45, 7) is 3.88. The highest BCUT2D eigenvalue weighted by Crippen LogP contribution is 2.26. The van der Waals surface area contributed by atoms with Crippen LogP contribution >= 0.6 is 27.3 Å². The summed E-state index contributed by atoms with van der Waals surface area (Å²) < 4.78 is 6.63. The molecule has 2 aromatic carbocycles. The molecular weight excluding hydrogens is 412 g/mol. The Labute approximate surface area is 165 Å². The predicted octanol–water partition coefficient (Wildman–Crippen LogP) is 5.13. The van der Waals surface area contributed by atoms with Gasteiger partial charge in [-0.25, -0.2) is 4.98 Å². The van der Waals surface area contributed by atoms with E-state index < -0.39 is 0 Å². The van der Waals surface area contributed by atoms with Crippen LogP contribution in [0.25, 0.3) is 0 Å². The zero-order chi connectivity index (χ0) is 18.5. The average Bonchev–Trinajstić information content (AvgIpc) is 2.95. The number of para-hydroxylation sites is 1. The second-order valence-electron chi connectivity index (χ2n) is 5.93. The van der Waals surface area contributed by atoms with Crippen molar-refractivity contribution in [3.05, 3.63) is 74.7 Å². The van der Waals surface area contributed by atoms with E-state index in [0.29, 0.717) is 10.9 Å². The fourth-order valence-corrected chi connectivity index (χ4v) is 3.73. The third kappa shape index (κ3) is 4.93. The second-order valence-corrected chi connectivity index (χ2v) is 7.93. The van der Waals surface area contributed by atoms with Gasteiger partial charge in [0.15, 0.2) is 11.7 Å². The number of anilines is 1. The average molecular weight is 431 g/mol. The van der Waals surface area contributed by atoms with Crippen LogP contribution in [0, 0.1) is 13.8 Å². The number of nitrogens with zero attached hydrogens (tertiary/aromatic N) is 1. The molecule has 4 nitrogen and oxygen atoms in total. The van der Waals surface area contributed by atoms with E-state index in [9.17, 15) is 4.79 Å². The number of benzene rings is 2. The number of hydrogen-bond acceptors (Lipinski definition) is 4. The summed E-state index contributed by atoms with van der Waals surface area (Å²) in [6, 6.07) is 15.8. The number of amides is 1. The molecule has 3 aromatic rings. The van der Waals surface area contributed by atoms with Crippen LogP contribution in [0.4, 0.5) is 5.13 Å². The summed E-state index contributed by atoms with van der Waals surface area (Å²) >= 11 is 4.94. The first-order chi connectivity index (χ1) is 12.5. The minimum Gasteiger partial charge on any atom is -0.483 e. The molecule has 1 amide bonds. The molecule has 0 spiro atoms. The molecule has 0 unspecified atom stereocenters. The molecule has 3 rings (SSSR count). The summed E-state index contributed by atoms with van der Waals surface area (Å²) in [5.74, 6) is 0.506. The van der Waals surface area contributed by atoms with Gasteiger partial charge in [-0.3, -0.25) is 10.1 Å². The Hall–Kier alpha value is -2.18. The maximum atomic E-state index is 12.1. The molecule has 0 aliphatic heterocycles. The topological polar surface area (TPSA) is 51.2 Å². The van der Waals surface area contributed by atoms with Crippen LogP contribution in [0.15, 0.2) is 53.0 Å². The third-order valence-corrected chi connectivity index (χ3v) is 5.47. The first-order valence-corrected chi connectivity index (χ1v) is 9.81. The first-order valence-electron chi connectivity index (χ1n) is 8.20. The number of nitrogens with one attached hydrogen (secondary N) is 1. The van der Waals surface area contributed by atoms with Gasteiger partial charge in [-0.05, 0) is 43.2 Å². The molecule has 6 heteroatoms. The van der Waals surface area contributed by atoms with Crippen LogP contribution in [0.1, 0.15) is 21.7 Å². The van der Waals surface area contributed by atoms with Crippen molar-refractivity contribution in [3.63, 3.8) is 0 Å². The van der Waals surface area contributed by atoms with E-state index in [1.165, 1.54) is 16.9 Å². The summed E-state index contributed by atoms with van der Waals surface area (Å²) in [5.41, 5.74) is 3.15. The minimum atomic E-state index is -0.211. The Morgan fingerprint density at radius 1 is 1.15 bits per heavy atom. The van der Waals surface area contributed by atoms with Crippen molar-refractivity contribution < 1.29 is 9.53 Å². The number of hydrogen-bond donors (Lipinski definition) is 1. The second kappa shape index (κ2) is 8.47. The molecule has 0 aliphatic carbocycles. The van der Waals surface area contributed by atoms with E-state index in [-0.39, 0.29) is 12.5 Å². The zero-order valence-corrected chi connectivity index (χ0v) is 17.0. The van der Waals surface area contributed by atoms with E-state index in [4.69, 9.17) is 4.74 Å². The van der Waals surface area contributed by atoms with Gasteiger partial charge >= 0.3 is 0 Å². The Bertz CT molecular complexity index is 906. The van der Waals surface area contributed by atoms with Crippen LogP contribution in [0.2, 0.25) is 0 Å². The molecule has 26 heavy (non-hydrogen) atoms. The molecule has 0 saturated heterocycles. The van der Waals surface area contributed by atoms with Gasteiger partial charge in [-0.15, -0.1) is 11.3 Å². The molecular formula is C20H19BrN2O2S. The van der Waals surface area contributed by atoms with Crippen molar-refractivity contribution in [1.82, 2.24) is 4.98 Å². The van der Waals surface area contributed by atoms with E-state index in [1.54, 1.807) is 0 Å². The van der Waals surface area contributed by atoms with Crippen molar-refractivity contribution in [2.45, 2.75) is 20.3 Å². The lowest BCUT2D eigenvalue weighted by Gasteiger charge is -2.08. The van der Waals surface area contributed by atoms with Crippen LogP contribution < -0.4 is 10.1 Å². The lowest BCUT2D eigenvalue weighted by Crippen LogP contribution is -2.20. The Morgan fingerprint density at radius 2 is 1.88 bits per heavy atom. The van der Waals surface area contributed by atoms with Crippen LogP contribution in [0.3, 0.4) is 0 Å². The first kappa shape index (κ1) is 18.6. The number of carbonyl (C=O) groups excluding carboxylic acids is 1. The van der Waals surface area contributed by atoms with Gasteiger partial charge in [0.05, 0.1) is 5.69 Å². The van der Waals surface area contributed by atoms with Gasteiger partial charge in [-0.1, -0.05) is 46.3 Å². The Balaban J connectivity index is 1.59. The smallest absolute Gasteiger partial charge is 0.264 e. The minimum absolute atomic E-state index is 0.0362. The third-order valence-electron chi connectivity index (χ3n) is 3.87. The van der Waals surface area contributed by atoms with Crippen molar-refractivity contribution >= 4 is 38.3 Å². The van der Waals surface area contributed by atoms with Crippen LogP contribution in [-0.4, -0.2) is 17.5 Å². The summed E-state index contributed by atoms with van der Waals surface area (Å²) in [5, 5.41) is 3.43. The number of ether oxygens (including phenoxy) is 1. The van der Waals surface area contributed by atoms with Crippen molar-refractivity contribution in [3.8, 4) is 5.75 Å². The van der Waals surface area contributed by atoms with Gasteiger partial charge < -0.3 is 4.74 Å². The standard InChI is InChI=1S/C20H19BrN2O2S/c1-13-5-3-4-6-17(13)25-12-19(24)23-20-22-14(2)18(26-20)11-15-7-9-16(21)10-8-15/h3-10H,11-12H2,1-2H3,(H,22,23,24). The normalized spacial score (nSPS) is 10.6. The van der Waals surface area contributed by atoms with Crippen molar-refractivity contribution in [2.24, 2.45) is 0 Å². The highest BCUT2D eigenvalue weighted by Gasteiger charge is 2.12. The summed E-state index contributed by atoms with van der Waals surface area (Å²) in [4.78, 5) is 17.7. The molecule has 0 aliphatic rings. The fourth-order valence-electron chi connectivity index (χ4n) is 2.45. The quantitative estimate of drug-likeness (QED) is 0.589. The number of rotatable bonds is 6. The number of aryl methyl sites for hydroxylation is 2. The lowest BCUT2D eigenvalue weighted by atomic mass is 10.1. The molecule has 0 radical (unpaired) electrons. The van der Waals surface area contributed by atoms with Gasteiger partial charge in [0.2, 0.25) is 0 Å². The van der Waals surface area contributed by atoms with Crippen molar-refractivity contribution in [1.29, 1.82) is 0 Å². The Morgan fingerprint density at radius 3 is 2.62 bits per heavy atom. The van der Waals surface area contributed by atoms with Gasteiger partial charge in [0, 0.05) is 15.8 Å². The molecule has 1 aromatic heterocycles. The maximum absolute atomic E-state index is 12.1. The molecule has 0 saturated carbocycles. The predicted molar refractivity (Wildman–Crippen MR) is 109 cm³/mol. The number of thiazole rings is 1. The van der Waals surface area contributed by atoms with E-state index >= 15 is 0 Å². The molecule has 1 heterocycles. The van der Waals surface area contributed by atoms with Crippen molar-refractivity contribution in [2.75, 3.05) is 11.9 Å². The summed E-state index contributed by atoms with van der Waals surface area (Å²) in [6.07, 6.45) is 0.798. The molecule has 0 atom stereocenters. The highest BCUT2D eigenvalue weighted by atomic mass is 79.9. The SMILES string of the molecule is Cc1ccccc1OCC(=O)Nc1nc(C)c(Cc2ccc(Br)cc2)s1. The molecule has 134 valence electrons. The van der Waals surface area contributed by atoms with E-state index in [0.717, 1.165) is 27.0 Å².